The molecule has 1 aromatic carbocycles. The Kier molecular flexibility index (Phi) is 5.94. The van der Waals surface area contributed by atoms with E-state index in [1.807, 2.05) is 32.9 Å². The second kappa shape index (κ2) is 7.31. The fraction of sp³-hybridized carbons (Fsp3) is 0.611. The molecular weight excluding hydrogens is 363 g/mol. The molecule has 0 saturated heterocycles. The number of amides is 1. The third kappa shape index (κ3) is 3.23. The molecule has 7 heteroatoms. The standard InChI is InChI=1S/C18H25ClN2O3.ClH/c1-4-23-14-10-18(20,17(14,2)3)16(22)21-13-8-9-24-15-11(13)6-5-7-12(15)19;/h5-7,13-14H,4,8-10,20H2,1-3H3,(H,21,22);1H. The number of nitrogens with two attached hydrogens (primary N) is 1. The first-order valence-electron chi connectivity index (χ1n) is 8.44. The Morgan fingerprint density at radius 2 is 2.20 bits per heavy atom. The normalized spacial score (nSPS) is 29.5. The van der Waals surface area contributed by atoms with Crippen molar-refractivity contribution in [3.63, 3.8) is 0 Å². The van der Waals surface area contributed by atoms with E-state index in [1.54, 1.807) is 6.07 Å². The summed E-state index contributed by atoms with van der Waals surface area (Å²) in [4.78, 5) is 12.9. The van der Waals surface area contributed by atoms with E-state index in [1.165, 1.54) is 0 Å². The maximum Gasteiger partial charge on any atom is 0.241 e. The molecule has 3 unspecified atom stereocenters. The van der Waals surface area contributed by atoms with Gasteiger partial charge in [-0.3, -0.25) is 4.79 Å². The first kappa shape index (κ1) is 20.3. The van der Waals surface area contributed by atoms with Crippen molar-refractivity contribution in [1.82, 2.24) is 5.32 Å². The minimum atomic E-state index is -0.927. The van der Waals surface area contributed by atoms with Crippen LogP contribution in [-0.2, 0) is 9.53 Å². The van der Waals surface area contributed by atoms with Gasteiger partial charge in [0.15, 0.2) is 0 Å². The predicted molar refractivity (Wildman–Crippen MR) is 100 cm³/mol. The highest BCUT2D eigenvalue weighted by molar-refractivity contribution is 6.32. The Morgan fingerprint density at radius 1 is 1.48 bits per heavy atom. The molecule has 140 valence electrons. The van der Waals surface area contributed by atoms with Crippen molar-refractivity contribution >= 4 is 29.9 Å². The fourth-order valence-corrected chi connectivity index (χ4v) is 3.88. The van der Waals surface area contributed by atoms with Crippen LogP contribution in [0.4, 0.5) is 0 Å². The van der Waals surface area contributed by atoms with Crippen LogP contribution in [-0.4, -0.2) is 30.8 Å². The maximum atomic E-state index is 12.9. The lowest BCUT2D eigenvalue weighted by Crippen LogP contribution is -2.75. The van der Waals surface area contributed by atoms with Gasteiger partial charge in [-0.05, 0) is 13.0 Å². The number of fused-ring (bicyclic) bond motifs is 1. The number of carbonyl (C=O) groups is 1. The van der Waals surface area contributed by atoms with Gasteiger partial charge < -0.3 is 20.5 Å². The number of para-hydroxylation sites is 1. The molecule has 2 aliphatic rings. The average molecular weight is 389 g/mol. The second-order valence-electron chi connectivity index (χ2n) is 7.16. The van der Waals surface area contributed by atoms with E-state index in [9.17, 15) is 4.79 Å². The quantitative estimate of drug-likeness (QED) is 0.829. The Bertz CT molecular complexity index is 653. The van der Waals surface area contributed by atoms with E-state index < -0.39 is 11.0 Å². The first-order chi connectivity index (χ1) is 11.3. The van der Waals surface area contributed by atoms with Crippen molar-refractivity contribution in [3.05, 3.63) is 28.8 Å². The summed E-state index contributed by atoms with van der Waals surface area (Å²) in [5.74, 6) is 0.517. The highest BCUT2D eigenvalue weighted by Crippen LogP contribution is 2.50. The van der Waals surface area contributed by atoms with E-state index in [2.05, 4.69) is 5.32 Å². The number of nitrogens with one attached hydrogen (secondary N) is 1. The van der Waals surface area contributed by atoms with Crippen LogP contribution in [0.25, 0.3) is 0 Å². The number of hydrogen-bond donors (Lipinski definition) is 2. The highest BCUT2D eigenvalue weighted by atomic mass is 35.5. The molecule has 3 N–H and O–H groups in total. The summed E-state index contributed by atoms with van der Waals surface area (Å²) in [6.07, 6.45) is 1.24. The van der Waals surface area contributed by atoms with E-state index in [-0.39, 0.29) is 30.5 Å². The van der Waals surface area contributed by atoms with Gasteiger partial charge in [-0.1, -0.05) is 37.6 Å². The molecule has 1 aliphatic carbocycles. The zero-order chi connectivity index (χ0) is 17.5. The summed E-state index contributed by atoms with van der Waals surface area (Å²) >= 11 is 6.19. The molecule has 0 aromatic heterocycles. The molecule has 1 heterocycles. The van der Waals surface area contributed by atoms with Gasteiger partial charge >= 0.3 is 0 Å². The Labute approximate surface area is 160 Å². The highest BCUT2D eigenvalue weighted by Gasteiger charge is 2.63. The van der Waals surface area contributed by atoms with Crippen LogP contribution in [0.3, 0.4) is 0 Å². The van der Waals surface area contributed by atoms with Gasteiger partial charge in [0.25, 0.3) is 0 Å². The lowest BCUT2D eigenvalue weighted by molar-refractivity contribution is -0.171. The second-order valence-corrected chi connectivity index (χ2v) is 7.57. The average Bonchev–Trinajstić information content (AvgIpc) is 2.55. The molecule has 3 rings (SSSR count). The lowest BCUT2D eigenvalue weighted by atomic mass is 9.54. The molecule has 0 radical (unpaired) electrons. The number of rotatable bonds is 4. The number of ether oxygens (including phenoxy) is 2. The van der Waals surface area contributed by atoms with Crippen molar-refractivity contribution in [3.8, 4) is 5.75 Å². The summed E-state index contributed by atoms with van der Waals surface area (Å²) in [6, 6.07) is 5.45. The third-order valence-corrected chi connectivity index (χ3v) is 5.86. The summed E-state index contributed by atoms with van der Waals surface area (Å²) in [6.45, 7) is 7.08. The Balaban J connectivity index is 0.00000225. The molecule has 5 nitrogen and oxygen atoms in total. The summed E-state index contributed by atoms with van der Waals surface area (Å²) in [5, 5.41) is 3.67. The maximum absolute atomic E-state index is 12.9. The predicted octanol–water partition coefficient (Wildman–Crippen LogP) is 3.23. The van der Waals surface area contributed by atoms with Gasteiger partial charge in [0.1, 0.15) is 11.3 Å². The first-order valence-corrected chi connectivity index (χ1v) is 8.81. The summed E-state index contributed by atoms with van der Waals surface area (Å²) in [5.41, 5.74) is 6.04. The Morgan fingerprint density at radius 3 is 2.84 bits per heavy atom. The van der Waals surface area contributed by atoms with E-state index in [4.69, 9.17) is 26.8 Å². The van der Waals surface area contributed by atoms with Gasteiger partial charge in [0.2, 0.25) is 5.91 Å². The van der Waals surface area contributed by atoms with E-state index >= 15 is 0 Å². The van der Waals surface area contributed by atoms with Crippen LogP contribution in [0.2, 0.25) is 5.02 Å². The summed E-state index contributed by atoms with van der Waals surface area (Å²) in [7, 11) is 0. The van der Waals surface area contributed by atoms with Crippen molar-refractivity contribution in [2.45, 2.75) is 51.3 Å². The molecule has 25 heavy (non-hydrogen) atoms. The van der Waals surface area contributed by atoms with E-state index in [0.717, 1.165) is 5.56 Å². The fourth-order valence-electron chi connectivity index (χ4n) is 3.64. The van der Waals surface area contributed by atoms with E-state index in [0.29, 0.717) is 36.8 Å². The van der Waals surface area contributed by atoms with Crippen LogP contribution in [0.1, 0.15) is 45.2 Å². The third-order valence-electron chi connectivity index (χ3n) is 5.57. The van der Waals surface area contributed by atoms with Gasteiger partial charge in [-0.15, -0.1) is 12.4 Å². The number of benzene rings is 1. The SMILES string of the molecule is CCOC1CC(N)(C(=O)NC2CCOc3c(Cl)cccc32)C1(C)C.Cl. The van der Waals surface area contributed by atoms with Gasteiger partial charge in [0, 0.05) is 30.4 Å². The minimum absolute atomic E-state index is 0. The number of hydrogen-bond acceptors (Lipinski definition) is 4. The zero-order valence-corrected chi connectivity index (χ0v) is 16.4. The van der Waals surface area contributed by atoms with Crippen molar-refractivity contribution in [1.29, 1.82) is 0 Å². The molecule has 0 bridgehead atoms. The minimum Gasteiger partial charge on any atom is -0.492 e. The zero-order valence-electron chi connectivity index (χ0n) is 14.8. The largest absolute Gasteiger partial charge is 0.492 e. The monoisotopic (exact) mass is 388 g/mol. The molecule has 1 amide bonds. The number of halogens is 2. The van der Waals surface area contributed by atoms with Gasteiger partial charge in [-0.2, -0.15) is 0 Å². The van der Waals surface area contributed by atoms with Crippen LogP contribution in [0.15, 0.2) is 18.2 Å². The lowest BCUT2D eigenvalue weighted by Gasteiger charge is -2.57. The van der Waals surface area contributed by atoms with Gasteiger partial charge in [0.05, 0.1) is 23.8 Å². The molecule has 0 spiro atoms. The van der Waals surface area contributed by atoms with Crippen LogP contribution in [0.5, 0.6) is 5.75 Å². The van der Waals surface area contributed by atoms with Crippen LogP contribution < -0.4 is 15.8 Å². The van der Waals surface area contributed by atoms with Gasteiger partial charge in [-0.25, -0.2) is 0 Å². The topological polar surface area (TPSA) is 73.6 Å². The van der Waals surface area contributed by atoms with Crippen molar-refractivity contribution in [2.24, 2.45) is 11.1 Å². The van der Waals surface area contributed by atoms with Crippen molar-refractivity contribution < 1.29 is 14.3 Å². The smallest absolute Gasteiger partial charge is 0.241 e. The van der Waals surface area contributed by atoms with Crippen molar-refractivity contribution in [2.75, 3.05) is 13.2 Å². The molecule has 1 aromatic rings. The number of carbonyl (C=O) groups excluding carboxylic acids is 1. The molecule has 1 aliphatic heterocycles. The Hall–Kier alpha value is -1.01. The molecule has 1 fully saturated rings. The molecule has 1 saturated carbocycles. The summed E-state index contributed by atoms with van der Waals surface area (Å²) < 4.78 is 11.4. The van der Waals surface area contributed by atoms with Crippen LogP contribution >= 0.6 is 24.0 Å². The molecular formula is C18H26Cl2N2O3. The molecule has 3 atom stereocenters. The van der Waals surface area contributed by atoms with Crippen LogP contribution in [0, 0.1) is 5.41 Å².